The standard InChI is InChI=1S/C19H24N2O8/c1-3-9-28-11-14(12-29-13-27-4-2)10-17(19(23)24)20-18(22)15-5-7-16(8-6-15)21(25)26/h1,5-8,14,17H,4,9-13H2,2H3,(H,20,22)(H,23,24)/t14-,17+/m0/s1. The molecule has 1 aromatic rings. The first-order valence-corrected chi connectivity index (χ1v) is 8.83. The Labute approximate surface area is 168 Å². The number of non-ortho nitro benzene ring substituents is 1. The molecule has 2 N–H and O–H groups in total. The molecule has 0 unspecified atom stereocenters. The molecule has 1 amide bonds. The summed E-state index contributed by atoms with van der Waals surface area (Å²) in [5.74, 6) is 0.0699. The molecule has 0 spiro atoms. The molecular weight excluding hydrogens is 384 g/mol. The maximum Gasteiger partial charge on any atom is 0.326 e. The summed E-state index contributed by atoms with van der Waals surface area (Å²) in [5.41, 5.74) is -0.0666. The normalized spacial score (nSPS) is 12.6. The van der Waals surface area contributed by atoms with E-state index in [1.54, 1.807) is 0 Å². The average molecular weight is 408 g/mol. The quantitative estimate of drug-likeness (QED) is 0.155. The van der Waals surface area contributed by atoms with E-state index in [9.17, 15) is 24.8 Å². The molecule has 0 fully saturated rings. The van der Waals surface area contributed by atoms with Gasteiger partial charge in [-0.05, 0) is 25.5 Å². The molecule has 0 aromatic heterocycles. The molecule has 29 heavy (non-hydrogen) atoms. The van der Waals surface area contributed by atoms with Crippen molar-refractivity contribution in [3.8, 4) is 12.3 Å². The summed E-state index contributed by atoms with van der Waals surface area (Å²) < 4.78 is 15.7. The summed E-state index contributed by atoms with van der Waals surface area (Å²) in [7, 11) is 0. The number of terminal acetylenes is 1. The molecule has 2 atom stereocenters. The maximum absolute atomic E-state index is 12.3. The van der Waals surface area contributed by atoms with Crippen LogP contribution in [0, 0.1) is 28.4 Å². The van der Waals surface area contributed by atoms with E-state index in [1.807, 2.05) is 6.92 Å². The molecular formula is C19H24N2O8. The Hall–Kier alpha value is -3.00. The SMILES string of the molecule is C#CCOC[C@@H](COCOCC)C[C@@H](NC(=O)c1ccc([N+](=O)[O-])cc1)C(=O)O. The van der Waals surface area contributed by atoms with E-state index >= 15 is 0 Å². The van der Waals surface area contributed by atoms with Gasteiger partial charge in [-0.25, -0.2) is 4.79 Å². The molecule has 0 heterocycles. The highest BCUT2D eigenvalue weighted by molar-refractivity contribution is 5.96. The van der Waals surface area contributed by atoms with Gasteiger partial charge < -0.3 is 24.6 Å². The van der Waals surface area contributed by atoms with Crippen LogP contribution in [0.3, 0.4) is 0 Å². The number of rotatable bonds is 14. The van der Waals surface area contributed by atoms with E-state index in [0.29, 0.717) is 6.61 Å². The lowest BCUT2D eigenvalue weighted by Crippen LogP contribution is -2.43. The number of hydrogen-bond acceptors (Lipinski definition) is 7. The fourth-order valence-electron chi connectivity index (χ4n) is 2.36. The minimum Gasteiger partial charge on any atom is -0.480 e. The van der Waals surface area contributed by atoms with Gasteiger partial charge in [0.15, 0.2) is 0 Å². The van der Waals surface area contributed by atoms with Crippen molar-refractivity contribution in [2.24, 2.45) is 5.92 Å². The van der Waals surface area contributed by atoms with Crippen molar-refractivity contribution in [2.75, 3.05) is 33.2 Å². The van der Waals surface area contributed by atoms with Gasteiger partial charge in [0.05, 0.1) is 18.1 Å². The van der Waals surface area contributed by atoms with Gasteiger partial charge in [0.1, 0.15) is 19.4 Å². The van der Waals surface area contributed by atoms with Crippen LogP contribution in [0.25, 0.3) is 0 Å². The molecule has 10 heteroatoms. The molecule has 0 aliphatic carbocycles. The van der Waals surface area contributed by atoms with Gasteiger partial charge in [-0.1, -0.05) is 5.92 Å². The lowest BCUT2D eigenvalue weighted by molar-refractivity contribution is -0.384. The topological polar surface area (TPSA) is 137 Å². The van der Waals surface area contributed by atoms with Crippen molar-refractivity contribution in [3.63, 3.8) is 0 Å². The van der Waals surface area contributed by atoms with Crippen LogP contribution < -0.4 is 5.32 Å². The summed E-state index contributed by atoms with van der Waals surface area (Å²) >= 11 is 0. The van der Waals surface area contributed by atoms with Crippen LogP contribution >= 0.6 is 0 Å². The number of nitro benzene ring substituents is 1. The van der Waals surface area contributed by atoms with Crippen LogP contribution in [-0.4, -0.2) is 61.2 Å². The van der Waals surface area contributed by atoms with Crippen molar-refractivity contribution < 1.29 is 33.8 Å². The summed E-state index contributed by atoms with van der Waals surface area (Å²) in [6.45, 7) is 2.70. The lowest BCUT2D eigenvalue weighted by Gasteiger charge is -2.22. The molecule has 0 radical (unpaired) electrons. The third-order valence-corrected chi connectivity index (χ3v) is 3.78. The van der Waals surface area contributed by atoms with Gasteiger partial charge in [-0.15, -0.1) is 6.42 Å². The maximum atomic E-state index is 12.3. The van der Waals surface area contributed by atoms with Crippen molar-refractivity contribution in [1.82, 2.24) is 5.32 Å². The number of benzene rings is 1. The first-order valence-electron chi connectivity index (χ1n) is 8.83. The molecule has 10 nitrogen and oxygen atoms in total. The monoisotopic (exact) mass is 408 g/mol. The largest absolute Gasteiger partial charge is 0.480 e. The van der Waals surface area contributed by atoms with Crippen molar-refractivity contribution in [1.29, 1.82) is 0 Å². The zero-order valence-electron chi connectivity index (χ0n) is 16.0. The smallest absolute Gasteiger partial charge is 0.326 e. The fourth-order valence-corrected chi connectivity index (χ4v) is 2.36. The van der Waals surface area contributed by atoms with E-state index in [2.05, 4.69) is 11.2 Å². The van der Waals surface area contributed by atoms with Gasteiger partial charge in [0.2, 0.25) is 0 Å². The first kappa shape index (κ1) is 24.0. The predicted octanol–water partition coefficient (Wildman–Crippen LogP) is 1.44. The minimum absolute atomic E-state index is 0.0325. The van der Waals surface area contributed by atoms with Crippen molar-refractivity contribution in [2.45, 2.75) is 19.4 Å². The summed E-state index contributed by atoms with van der Waals surface area (Å²) in [4.78, 5) is 34.0. The summed E-state index contributed by atoms with van der Waals surface area (Å²) in [6, 6.07) is 3.63. The number of hydrogen-bond donors (Lipinski definition) is 2. The first-order chi connectivity index (χ1) is 13.9. The molecule has 158 valence electrons. The van der Waals surface area contributed by atoms with Gasteiger partial charge in [-0.3, -0.25) is 14.9 Å². The second-order valence-corrected chi connectivity index (χ2v) is 5.97. The number of nitrogens with zero attached hydrogens (tertiary/aromatic N) is 1. The lowest BCUT2D eigenvalue weighted by atomic mass is 10.0. The van der Waals surface area contributed by atoms with Gasteiger partial charge >= 0.3 is 5.97 Å². The van der Waals surface area contributed by atoms with Crippen LogP contribution in [-0.2, 0) is 19.0 Å². The van der Waals surface area contributed by atoms with Crippen LogP contribution in [0.4, 0.5) is 5.69 Å². The second kappa shape index (κ2) is 13.2. The highest BCUT2D eigenvalue weighted by Gasteiger charge is 2.25. The molecule has 0 saturated heterocycles. The van der Waals surface area contributed by atoms with Crippen LogP contribution in [0.15, 0.2) is 24.3 Å². The molecule has 1 aromatic carbocycles. The number of ether oxygens (including phenoxy) is 3. The molecule has 1 rings (SSSR count). The zero-order chi connectivity index (χ0) is 21.6. The Kier molecular flexibility index (Phi) is 11.0. The van der Waals surface area contributed by atoms with Crippen LogP contribution in [0.1, 0.15) is 23.7 Å². The average Bonchev–Trinajstić information content (AvgIpc) is 2.70. The van der Waals surface area contributed by atoms with Gasteiger partial charge in [-0.2, -0.15) is 0 Å². The number of nitrogens with one attached hydrogen (secondary N) is 1. The van der Waals surface area contributed by atoms with E-state index in [1.165, 1.54) is 24.3 Å². The second-order valence-electron chi connectivity index (χ2n) is 5.97. The number of amides is 1. The highest BCUT2D eigenvalue weighted by atomic mass is 16.7. The highest BCUT2D eigenvalue weighted by Crippen LogP contribution is 2.14. The van der Waals surface area contributed by atoms with E-state index in [-0.39, 0.29) is 50.2 Å². The predicted molar refractivity (Wildman–Crippen MR) is 102 cm³/mol. The number of nitro groups is 1. The van der Waals surface area contributed by atoms with E-state index in [0.717, 1.165) is 0 Å². The number of carboxylic acid groups (broad SMARTS) is 1. The number of aliphatic carboxylic acids is 1. The summed E-state index contributed by atoms with van der Waals surface area (Å²) in [6.07, 6.45) is 5.18. The van der Waals surface area contributed by atoms with E-state index < -0.39 is 22.8 Å². The third kappa shape index (κ3) is 9.16. The van der Waals surface area contributed by atoms with Crippen molar-refractivity contribution >= 4 is 17.6 Å². The van der Waals surface area contributed by atoms with E-state index in [4.69, 9.17) is 20.6 Å². The Bertz CT molecular complexity index is 714. The molecule has 0 bridgehead atoms. The number of carboxylic acids is 1. The Balaban J connectivity index is 2.75. The fraction of sp³-hybridized carbons (Fsp3) is 0.474. The third-order valence-electron chi connectivity index (χ3n) is 3.78. The Morgan fingerprint density at radius 2 is 1.90 bits per heavy atom. The Morgan fingerprint density at radius 3 is 2.45 bits per heavy atom. The summed E-state index contributed by atoms with van der Waals surface area (Å²) in [5, 5.41) is 22.6. The minimum atomic E-state index is -1.23. The zero-order valence-corrected chi connectivity index (χ0v) is 16.0. The van der Waals surface area contributed by atoms with Crippen molar-refractivity contribution in [3.05, 3.63) is 39.9 Å². The van der Waals surface area contributed by atoms with Gasteiger partial charge in [0.25, 0.3) is 11.6 Å². The van der Waals surface area contributed by atoms with Gasteiger partial charge in [0, 0.05) is 30.2 Å². The molecule has 0 aliphatic heterocycles. The molecule has 0 aliphatic rings. The molecule has 0 saturated carbocycles. The van der Waals surface area contributed by atoms with Crippen LogP contribution in [0.5, 0.6) is 0 Å². The Morgan fingerprint density at radius 1 is 1.24 bits per heavy atom. The number of carbonyl (C=O) groups excluding carboxylic acids is 1. The number of carbonyl (C=O) groups is 2. The van der Waals surface area contributed by atoms with Crippen LogP contribution in [0.2, 0.25) is 0 Å².